The molecule has 1 aromatic carbocycles. The van der Waals surface area contributed by atoms with Gasteiger partial charge in [-0.05, 0) is 23.8 Å². The zero-order valence-corrected chi connectivity index (χ0v) is 10.2. The van der Waals surface area contributed by atoms with Crippen molar-refractivity contribution < 1.29 is 4.39 Å². The van der Waals surface area contributed by atoms with Gasteiger partial charge >= 0.3 is 0 Å². The molecule has 3 rings (SSSR count). The van der Waals surface area contributed by atoms with Crippen molar-refractivity contribution in [1.82, 2.24) is 15.2 Å². The van der Waals surface area contributed by atoms with Crippen molar-refractivity contribution in [2.45, 2.75) is 6.54 Å². The van der Waals surface area contributed by atoms with Gasteiger partial charge in [0.1, 0.15) is 5.82 Å². The van der Waals surface area contributed by atoms with E-state index in [-0.39, 0.29) is 5.82 Å². The standard InChI is InChI=1S/C14H16FN3/c15-13-4-3-11(10-18-8-6-16-7-9-18)14-12(13)2-1-5-17-14/h1-5,16H,6-10H2. The summed E-state index contributed by atoms with van der Waals surface area (Å²) in [4.78, 5) is 6.70. The number of nitrogens with zero attached hydrogens (tertiary/aromatic N) is 2. The highest BCUT2D eigenvalue weighted by Gasteiger charge is 2.13. The third kappa shape index (κ3) is 2.21. The molecule has 0 saturated carbocycles. The van der Waals surface area contributed by atoms with E-state index in [1.165, 1.54) is 0 Å². The molecule has 2 heterocycles. The lowest BCUT2D eigenvalue weighted by molar-refractivity contribution is 0.234. The second-order valence-electron chi connectivity index (χ2n) is 4.63. The Hall–Kier alpha value is -1.52. The van der Waals surface area contributed by atoms with Crippen LogP contribution in [0.2, 0.25) is 0 Å². The molecule has 0 bridgehead atoms. The van der Waals surface area contributed by atoms with Gasteiger partial charge in [0.15, 0.2) is 0 Å². The highest BCUT2D eigenvalue weighted by Crippen LogP contribution is 2.21. The minimum absolute atomic E-state index is 0.192. The Kier molecular flexibility index (Phi) is 3.21. The first-order valence-electron chi connectivity index (χ1n) is 6.30. The summed E-state index contributed by atoms with van der Waals surface area (Å²) in [5.74, 6) is -0.192. The Bertz CT molecular complexity index is 550. The number of benzene rings is 1. The second-order valence-corrected chi connectivity index (χ2v) is 4.63. The predicted octanol–water partition coefficient (Wildman–Crippen LogP) is 1.78. The number of halogens is 1. The van der Waals surface area contributed by atoms with Crippen LogP contribution in [0.15, 0.2) is 30.5 Å². The van der Waals surface area contributed by atoms with Crippen molar-refractivity contribution in [1.29, 1.82) is 0 Å². The summed E-state index contributed by atoms with van der Waals surface area (Å²) in [5, 5.41) is 3.95. The Labute approximate surface area is 106 Å². The van der Waals surface area contributed by atoms with Crippen molar-refractivity contribution in [2.24, 2.45) is 0 Å². The number of fused-ring (bicyclic) bond motifs is 1. The molecule has 0 spiro atoms. The van der Waals surface area contributed by atoms with Gasteiger partial charge in [-0.3, -0.25) is 9.88 Å². The van der Waals surface area contributed by atoms with Crippen molar-refractivity contribution in [3.8, 4) is 0 Å². The van der Waals surface area contributed by atoms with E-state index in [0.29, 0.717) is 5.39 Å². The maximum Gasteiger partial charge on any atom is 0.132 e. The molecular weight excluding hydrogens is 229 g/mol. The van der Waals surface area contributed by atoms with Crippen LogP contribution in [0.4, 0.5) is 4.39 Å². The summed E-state index contributed by atoms with van der Waals surface area (Å²) in [7, 11) is 0. The molecule has 0 aliphatic carbocycles. The third-order valence-corrected chi connectivity index (χ3v) is 3.40. The maximum absolute atomic E-state index is 13.7. The van der Waals surface area contributed by atoms with Crippen LogP contribution in [0.25, 0.3) is 10.9 Å². The lowest BCUT2D eigenvalue weighted by atomic mass is 10.1. The fraction of sp³-hybridized carbons (Fsp3) is 0.357. The van der Waals surface area contributed by atoms with E-state index < -0.39 is 0 Å². The lowest BCUT2D eigenvalue weighted by Crippen LogP contribution is -2.42. The average molecular weight is 245 g/mol. The zero-order valence-electron chi connectivity index (χ0n) is 10.2. The summed E-state index contributed by atoms with van der Waals surface area (Å²) >= 11 is 0. The van der Waals surface area contributed by atoms with Gasteiger partial charge in [-0.1, -0.05) is 6.07 Å². The van der Waals surface area contributed by atoms with Crippen molar-refractivity contribution >= 4 is 10.9 Å². The molecule has 3 nitrogen and oxygen atoms in total. The molecule has 1 N–H and O–H groups in total. The Morgan fingerprint density at radius 2 is 2.06 bits per heavy atom. The van der Waals surface area contributed by atoms with Crippen molar-refractivity contribution in [2.75, 3.05) is 26.2 Å². The molecule has 1 saturated heterocycles. The van der Waals surface area contributed by atoms with Gasteiger partial charge in [-0.2, -0.15) is 0 Å². The predicted molar refractivity (Wildman–Crippen MR) is 69.8 cm³/mol. The van der Waals surface area contributed by atoms with Crippen LogP contribution in [0, 0.1) is 5.82 Å². The van der Waals surface area contributed by atoms with Crippen LogP contribution in [0.5, 0.6) is 0 Å². The van der Waals surface area contributed by atoms with E-state index in [2.05, 4.69) is 15.2 Å². The normalized spacial score (nSPS) is 17.2. The summed E-state index contributed by atoms with van der Waals surface area (Å²) in [6.07, 6.45) is 1.73. The van der Waals surface area contributed by atoms with Crippen LogP contribution in [-0.2, 0) is 6.54 Å². The molecule has 1 fully saturated rings. The largest absolute Gasteiger partial charge is 0.314 e. The van der Waals surface area contributed by atoms with Gasteiger partial charge < -0.3 is 5.32 Å². The number of hydrogen-bond acceptors (Lipinski definition) is 3. The number of rotatable bonds is 2. The van der Waals surface area contributed by atoms with Gasteiger partial charge in [0.25, 0.3) is 0 Å². The SMILES string of the molecule is Fc1ccc(CN2CCNCC2)c2ncccc12. The number of pyridine rings is 1. The maximum atomic E-state index is 13.7. The molecule has 1 aliphatic rings. The first-order valence-corrected chi connectivity index (χ1v) is 6.30. The fourth-order valence-electron chi connectivity index (χ4n) is 2.43. The van der Waals surface area contributed by atoms with Crippen molar-refractivity contribution in [3.63, 3.8) is 0 Å². The molecule has 18 heavy (non-hydrogen) atoms. The highest BCUT2D eigenvalue weighted by atomic mass is 19.1. The van der Waals surface area contributed by atoms with E-state index in [0.717, 1.165) is 43.8 Å². The first kappa shape index (κ1) is 11.6. The summed E-state index contributed by atoms with van der Waals surface area (Å²) in [6, 6.07) is 6.97. The number of piperazine rings is 1. The molecule has 0 unspecified atom stereocenters. The fourth-order valence-corrected chi connectivity index (χ4v) is 2.43. The lowest BCUT2D eigenvalue weighted by Gasteiger charge is -2.27. The Morgan fingerprint density at radius 3 is 2.89 bits per heavy atom. The summed E-state index contributed by atoms with van der Waals surface area (Å²) in [6.45, 7) is 4.95. The van der Waals surface area contributed by atoms with Crippen LogP contribution >= 0.6 is 0 Å². The molecule has 4 heteroatoms. The topological polar surface area (TPSA) is 28.2 Å². The highest BCUT2D eigenvalue weighted by molar-refractivity contribution is 5.82. The van der Waals surface area contributed by atoms with E-state index >= 15 is 0 Å². The molecule has 0 amide bonds. The van der Waals surface area contributed by atoms with Crippen LogP contribution in [-0.4, -0.2) is 36.1 Å². The zero-order chi connectivity index (χ0) is 12.4. The van der Waals surface area contributed by atoms with E-state index in [1.807, 2.05) is 6.07 Å². The van der Waals surface area contributed by atoms with Gasteiger partial charge in [-0.25, -0.2) is 4.39 Å². The molecule has 2 aromatic rings. The molecule has 1 aliphatic heterocycles. The molecule has 94 valence electrons. The summed E-state index contributed by atoms with van der Waals surface area (Å²) < 4.78 is 13.7. The monoisotopic (exact) mass is 245 g/mol. The van der Waals surface area contributed by atoms with Crippen LogP contribution in [0.1, 0.15) is 5.56 Å². The second kappa shape index (κ2) is 5.00. The van der Waals surface area contributed by atoms with Crippen LogP contribution < -0.4 is 5.32 Å². The number of nitrogens with one attached hydrogen (secondary N) is 1. The molecular formula is C14H16FN3. The van der Waals surface area contributed by atoms with E-state index in [9.17, 15) is 4.39 Å². The van der Waals surface area contributed by atoms with Crippen molar-refractivity contribution in [3.05, 3.63) is 41.8 Å². The first-order chi connectivity index (χ1) is 8.84. The Morgan fingerprint density at radius 1 is 1.22 bits per heavy atom. The minimum Gasteiger partial charge on any atom is -0.314 e. The van der Waals surface area contributed by atoms with E-state index in [4.69, 9.17) is 0 Å². The number of hydrogen-bond donors (Lipinski definition) is 1. The molecule has 1 aromatic heterocycles. The smallest absolute Gasteiger partial charge is 0.132 e. The quantitative estimate of drug-likeness (QED) is 0.874. The molecule has 0 atom stereocenters. The van der Waals surface area contributed by atoms with E-state index in [1.54, 1.807) is 24.4 Å². The Balaban J connectivity index is 1.94. The number of aromatic nitrogens is 1. The summed E-state index contributed by atoms with van der Waals surface area (Å²) in [5.41, 5.74) is 1.89. The van der Waals surface area contributed by atoms with Gasteiger partial charge in [-0.15, -0.1) is 0 Å². The van der Waals surface area contributed by atoms with Gasteiger partial charge in [0.05, 0.1) is 5.52 Å². The average Bonchev–Trinajstić information content (AvgIpc) is 2.44. The molecule has 0 radical (unpaired) electrons. The minimum atomic E-state index is -0.192. The van der Waals surface area contributed by atoms with Gasteiger partial charge in [0.2, 0.25) is 0 Å². The van der Waals surface area contributed by atoms with Crippen LogP contribution in [0.3, 0.4) is 0 Å². The third-order valence-electron chi connectivity index (χ3n) is 3.40. The van der Waals surface area contributed by atoms with Gasteiger partial charge in [0, 0.05) is 44.3 Å².